The molecule has 4 atom stereocenters. The number of hydrogen-bond donors (Lipinski definition) is 5. The third-order valence-corrected chi connectivity index (χ3v) is 8.77. The topological polar surface area (TPSA) is 144 Å². The summed E-state index contributed by atoms with van der Waals surface area (Å²) in [6, 6.07) is 10.6. The number of aromatic hydroxyl groups is 1. The molecule has 6 N–H and O–H groups in total. The zero-order chi connectivity index (χ0) is 28.6. The smallest absolute Gasteiger partial charge is 0.248 e. The highest BCUT2D eigenvalue weighted by Crippen LogP contribution is 2.54. The van der Waals surface area contributed by atoms with Gasteiger partial charge in [-0.05, 0) is 66.6 Å². The van der Waals surface area contributed by atoms with Crippen LogP contribution in [0.4, 0.5) is 0 Å². The monoisotopic (exact) mass is 532 g/mol. The van der Waals surface area contributed by atoms with Crippen molar-refractivity contribution in [1.82, 2.24) is 4.90 Å². The maximum Gasteiger partial charge on any atom is 0.248 e. The number of aliphatic hydroxyl groups excluding tert-OH is 2. The number of allylic oxidation sites excluding steroid dienone is 1. The third kappa shape index (κ3) is 4.05. The Bertz CT molecular complexity index is 1450. The van der Waals surface area contributed by atoms with E-state index >= 15 is 0 Å². The maximum absolute atomic E-state index is 13.9. The van der Waals surface area contributed by atoms with E-state index in [0.29, 0.717) is 12.0 Å². The van der Waals surface area contributed by atoms with Crippen LogP contribution in [-0.2, 0) is 16.6 Å². The number of ketones is 1. The Kier molecular flexibility index (Phi) is 6.20. The number of phenolic OH excluding ortho intramolecular Hbond substituents is 1. The van der Waals surface area contributed by atoms with Gasteiger partial charge in [-0.25, -0.2) is 0 Å². The quantitative estimate of drug-likeness (QED) is 0.403. The van der Waals surface area contributed by atoms with Crippen molar-refractivity contribution >= 4 is 11.7 Å². The van der Waals surface area contributed by atoms with E-state index in [0.717, 1.165) is 11.1 Å². The molecule has 8 nitrogen and oxygen atoms in total. The summed E-state index contributed by atoms with van der Waals surface area (Å²) in [6.07, 6.45) is 0.223. The number of likely N-dealkylation sites (N-methyl/N-ethyl adjacent to an activating group) is 1. The lowest BCUT2D eigenvalue weighted by Crippen LogP contribution is -2.59. The van der Waals surface area contributed by atoms with Crippen molar-refractivity contribution in [3.63, 3.8) is 0 Å². The highest BCUT2D eigenvalue weighted by Gasteiger charge is 2.58. The molecule has 0 fully saturated rings. The minimum atomic E-state index is -1.97. The fourth-order valence-corrected chi connectivity index (χ4v) is 6.75. The minimum Gasteiger partial charge on any atom is -0.510 e. The number of amides is 1. The molecule has 1 amide bonds. The molecule has 0 aromatic heterocycles. The van der Waals surface area contributed by atoms with Crippen molar-refractivity contribution in [2.45, 2.75) is 57.1 Å². The van der Waals surface area contributed by atoms with Gasteiger partial charge in [0, 0.05) is 17.9 Å². The van der Waals surface area contributed by atoms with Crippen molar-refractivity contribution in [3.05, 3.63) is 75.8 Å². The number of benzene rings is 2. The molecule has 3 aliphatic rings. The van der Waals surface area contributed by atoms with Gasteiger partial charge in [0.2, 0.25) is 5.91 Å². The minimum absolute atomic E-state index is 0.0175. The van der Waals surface area contributed by atoms with E-state index in [-0.39, 0.29) is 40.1 Å². The van der Waals surface area contributed by atoms with E-state index in [1.807, 2.05) is 12.1 Å². The lowest BCUT2D eigenvalue weighted by atomic mass is 9.59. The Balaban J connectivity index is 1.65. The van der Waals surface area contributed by atoms with Crippen LogP contribution in [0.5, 0.6) is 5.75 Å². The summed E-state index contributed by atoms with van der Waals surface area (Å²) in [5, 5.41) is 45.0. The molecule has 0 spiro atoms. The van der Waals surface area contributed by atoms with E-state index in [1.54, 1.807) is 25.1 Å². The van der Waals surface area contributed by atoms with Crippen LogP contribution in [0.2, 0.25) is 0 Å². The fraction of sp³-hybridized carbons (Fsp3) is 0.419. The molecular weight excluding hydrogens is 496 g/mol. The number of primary amides is 1. The first-order valence-corrected chi connectivity index (χ1v) is 13.2. The van der Waals surface area contributed by atoms with Crippen molar-refractivity contribution in [2.75, 3.05) is 14.1 Å². The molecule has 0 heterocycles. The van der Waals surface area contributed by atoms with Crippen LogP contribution >= 0.6 is 0 Å². The van der Waals surface area contributed by atoms with Gasteiger partial charge in [0.25, 0.3) is 0 Å². The first kappa shape index (κ1) is 27.0. The van der Waals surface area contributed by atoms with Crippen molar-refractivity contribution in [1.29, 1.82) is 0 Å². The molecule has 0 saturated carbocycles. The molecule has 5 rings (SSSR count). The van der Waals surface area contributed by atoms with Crippen LogP contribution in [0.15, 0.2) is 59.1 Å². The van der Waals surface area contributed by atoms with E-state index < -0.39 is 47.3 Å². The Morgan fingerprint density at radius 3 is 2.26 bits per heavy atom. The summed E-state index contributed by atoms with van der Waals surface area (Å²) in [7, 11) is 3.42. The van der Waals surface area contributed by atoms with Crippen molar-refractivity contribution < 1.29 is 30.0 Å². The Morgan fingerprint density at radius 1 is 1.05 bits per heavy atom. The van der Waals surface area contributed by atoms with E-state index in [9.17, 15) is 30.0 Å². The van der Waals surface area contributed by atoms with Gasteiger partial charge in [-0.2, -0.15) is 0 Å². The van der Waals surface area contributed by atoms with Crippen molar-refractivity contribution in [2.24, 2.45) is 17.6 Å². The molecule has 39 heavy (non-hydrogen) atoms. The summed E-state index contributed by atoms with van der Waals surface area (Å²) < 4.78 is 0. The predicted octanol–water partition coefficient (Wildman–Crippen LogP) is 3.91. The number of carbonyl (C=O) groups excluding carboxylic acids is 2. The van der Waals surface area contributed by atoms with Crippen LogP contribution in [0.1, 0.15) is 55.1 Å². The van der Waals surface area contributed by atoms with Gasteiger partial charge in [-0.1, -0.05) is 51.1 Å². The molecule has 8 heteroatoms. The third-order valence-electron chi connectivity index (χ3n) is 8.77. The number of nitrogens with two attached hydrogens (primary N) is 1. The van der Waals surface area contributed by atoms with E-state index in [1.165, 1.54) is 11.6 Å². The molecular formula is C31H36N2O6. The molecule has 3 aliphatic carbocycles. The van der Waals surface area contributed by atoms with E-state index in [4.69, 9.17) is 5.73 Å². The number of rotatable bonds is 3. The molecule has 2 aromatic rings. The predicted molar refractivity (Wildman–Crippen MR) is 147 cm³/mol. The van der Waals surface area contributed by atoms with Gasteiger partial charge >= 0.3 is 0 Å². The Hall–Kier alpha value is -3.62. The summed E-state index contributed by atoms with van der Waals surface area (Å²) in [4.78, 5) is 27.7. The number of aliphatic hydroxyl groups is 3. The Morgan fingerprint density at radius 2 is 1.69 bits per heavy atom. The normalized spacial score (nSPS) is 26.8. The number of phenols is 1. The summed E-state index contributed by atoms with van der Waals surface area (Å²) >= 11 is 0. The van der Waals surface area contributed by atoms with Gasteiger partial charge in [0.15, 0.2) is 5.78 Å². The van der Waals surface area contributed by atoms with Gasteiger partial charge in [0.05, 0.1) is 17.2 Å². The second-order valence-corrected chi connectivity index (χ2v) is 12.4. The molecule has 0 aliphatic heterocycles. The van der Waals surface area contributed by atoms with Gasteiger partial charge in [-0.15, -0.1) is 0 Å². The highest BCUT2D eigenvalue weighted by molar-refractivity contribution is 6.14. The lowest BCUT2D eigenvalue weighted by molar-refractivity contribution is -0.118. The fourth-order valence-electron chi connectivity index (χ4n) is 6.75. The Labute approximate surface area is 228 Å². The molecule has 0 bridgehead atoms. The largest absolute Gasteiger partial charge is 0.510 e. The highest BCUT2D eigenvalue weighted by atomic mass is 16.3. The first-order valence-electron chi connectivity index (χ1n) is 13.2. The molecule has 4 unspecified atom stereocenters. The van der Waals surface area contributed by atoms with Crippen LogP contribution in [0.3, 0.4) is 0 Å². The number of carbonyl (C=O) groups is 2. The standard InChI is InChI=1S/C31H36N2O6/c1-30(2,3)17-8-6-15(7-9-17)18-10-11-22(34)24-19(18)12-16-13-21-25(33(4)5)26(35)20(29(32)38)14-31(21,39)28(37)23(16)27(24)36/h6-11,16,21,25,34-35,37,39H,12-14H2,1-5H3,(H2,32,38). The SMILES string of the molecule is CN(C)C1C(O)=C(C(N)=O)CC2(O)C(O)=C3C(=O)c4c(O)ccc(-c5ccc(C(C)(C)C)cc5)c4CC3CC12. The van der Waals surface area contributed by atoms with Crippen molar-refractivity contribution in [3.8, 4) is 16.9 Å². The van der Waals surface area contributed by atoms with Crippen LogP contribution < -0.4 is 5.73 Å². The number of nitrogens with zero attached hydrogens (tertiary/aromatic N) is 1. The van der Waals surface area contributed by atoms with Crippen LogP contribution in [-0.4, -0.2) is 62.8 Å². The lowest BCUT2D eigenvalue weighted by Gasteiger charge is -2.51. The average molecular weight is 533 g/mol. The number of Topliss-reactive ketones (excluding diaryl/α,β-unsaturated/α-hetero) is 1. The zero-order valence-electron chi connectivity index (χ0n) is 22.9. The van der Waals surface area contributed by atoms with Gasteiger partial charge in [-0.3, -0.25) is 14.5 Å². The molecule has 2 aromatic carbocycles. The number of hydrogen-bond acceptors (Lipinski definition) is 7. The van der Waals surface area contributed by atoms with Crippen LogP contribution in [0.25, 0.3) is 11.1 Å². The second kappa shape index (κ2) is 8.96. The zero-order valence-corrected chi connectivity index (χ0v) is 22.9. The molecule has 0 radical (unpaired) electrons. The second-order valence-electron chi connectivity index (χ2n) is 12.4. The van der Waals surface area contributed by atoms with Gasteiger partial charge < -0.3 is 26.2 Å². The molecule has 206 valence electrons. The number of fused-ring (bicyclic) bond motifs is 3. The summed E-state index contributed by atoms with van der Waals surface area (Å²) in [5.74, 6) is -3.54. The van der Waals surface area contributed by atoms with E-state index in [2.05, 4.69) is 32.9 Å². The van der Waals surface area contributed by atoms with Gasteiger partial charge in [0.1, 0.15) is 22.9 Å². The summed E-state index contributed by atoms with van der Waals surface area (Å²) in [6.45, 7) is 6.41. The first-order chi connectivity index (χ1) is 18.2. The van der Waals surface area contributed by atoms with Crippen LogP contribution in [0, 0.1) is 11.8 Å². The summed E-state index contributed by atoms with van der Waals surface area (Å²) in [5.41, 5.74) is 7.09. The average Bonchev–Trinajstić information content (AvgIpc) is 2.84. The maximum atomic E-state index is 13.9. The molecule has 0 saturated heterocycles.